The maximum absolute atomic E-state index is 13.9. The van der Waals surface area contributed by atoms with Crippen molar-refractivity contribution in [2.75, 3.05) is 13.7 Å². The summed E-state index contributed by atoms with van der Waals surface area (Å²) < 4.78 is 19.2. The Kier molecular flexibility index (Phi) is 5.32. The number of amides is 1. The van der Waals surface area contributed by atoms with E-state index in [2.05, 4.69) is 17.2 Å². The van der Waals surface area contributed by atoms with Crippen molar-refractivity contribution < 1.29 is 19.0 Å². The van der Waals surface area contributed by atoms with Gasteiger partial charge in [-0.3, -0.25) is 4.79 Å². The van der Waals surface area contributed by atoms with Crippen molar-refractivity contribution in [1.29, 1.82) is 0 Å². The number of hydrogen-bond acceptors (Lipinski definition) is 3. The molecule has 0 aromatic heterocycles. The molecule has 1 aliphatic carbocycles. The fourth-order valence-corrected chi connectivity index (χ4v) is 2.47. The highest BCUT2D eigenvalue weighted by molar-refractivity contribution is 5.94. The zero-order valence-electron chi connectivity index (χ0n) is 11.9. The lowest BCUT2D eigenvalue weighted by Gasteiger charge is -2.13. The number of aliphatic hydroxyl groups is 1. The summed E-state index contributed by atoms with van der Waals surface area (Å²) in [5.41, 5.74) is 0.434. The van der Waals surface area contributed by atoms with E-state index in [0.717, 1.165) is 19.3 Å². The fraction of sp³-hybridized carbons (Fsp3) is 0.438. The fourth-order valence-electron chi connectivity index (χ4n) is 2.47. The molecule has 2 rings (SSSR count). The molecule has 21 heavy (non-hydrogen) atoms. The smallest absolute Gasteiger partial charge is 0.254 e. The highest BCUT2D eigenvalue weighted by Gasteiger charge is 2.26. The lowest BCUT2D eigenvalue weighted by atomic mass is 10.1. The third-order valence-electron chi connectivity index (χ3n) is 3.58. The van der Waals surface area contributed by atoms with Gasteiger partial charge in [0.1, 0.15) is 12.4 Å². The number of halogens is 1. The Morgan fingerprint density at radius 1 is 1.52 bits per heavy atom. The van der Waals surface area contributed by atoms with Gasteiger partial charge in [0.15, 0.2) is 0 Å². The van der Waals surface area contributed by atoms with Crippen molar-refractivity contribution in [3.05, 3.63) is 35.1 Å². The third-order valence-corrected chi connectivity index (χ3v) is 3.58. The Bertz CT molecular complexity index is 577. The number of carbonyl (C=O) groups is 1. The lowest BCUT2D eigenvalue weighted by Crippen LogP contribution is -2.33. The topological polar surface area (TPSA) is 58.6 Å². The van der Waals surface area contributed by atoms with E-state index in [4.69, 9.17) is 9.84 Å². The van der Waals surface area contributed by atoms with Crippen LogP contribution in [0.25, 0.3) is 0 Å². The molecule has 0 bridgehead atoms. The van der Waals surface area contributed by atoms with Crippen LogP contribution in [0.1, 0.15) is 35.2 Å². The molecular formula is C16H18FNO3. The standard InChI is InChI=1S/C16H18FNO3/c1-21-13-6-5-12(10-13)18-16(20)14-7-4-11(3-2-8-19)9-15(14)17/h4,7,9,12-13,19H,5-6,8,10H2,1H3,(H,18,20). The van der Waals surface area contributed by atoms with Crippen molar-refractivity contribution in [3.8, 4) is 11.8 Å². The van der Waals surface area contributed by atoms with Gasteiger partial charge in [0.2, 0.25) is 0 Å². The Hall–Kier alpha value is -1.90. The van der Waals surface area contributed by atoms with E-state index >= 15 is 0 Å². The van der Waals surface area contributed by atoms with Gasteiger partial charge in [0.05, 0.1) is 11.7 Å². The van der Waals surface area contributed by atoms with Gasteiger partial charge >= 0.3 is 0 Å². The average molecular weight is 291 g/mol. The summed E-state index contributed by atoms with van der Waals surface area (Å²) >= 11 is 0. The lowest BCUT2D eigenvalue weighted by molar-refractivity contribution is 0.0911. The van der Waals surface area contributed by atoms with E-state index in [-0.39, 0.29) is 24.3 Å². The van der Waals surface area contributed by atoms with E-state index in [1.54, 1.807) is 13.2 Å². The Morgan fingerprint density at radius 2 is 2.33 bits per heavy atom. The first-order chi connectivity index (χ1) is 10.1. The van der Waals surface area contributed by atoms with Crippen molar-refractivity contribution in [2.24, 2.45) is 0 Å². The maximum atomic E-state index is 13.9. The molecule has 1 amide bonds. The van der Waals surface area contributed by atoms with Gasteiger partial charge in [-0.1, -0.05) is 11.8 Å². The second kappa shape index (κ2) is 7.21. The molecule has 0 heterocycles. The van der Waals surface area contributed by atoms with Gasteiger partial charge in [-0.25, -0.2) is 4.39 Å². The number of nitrogens with one attached hydrogen (secondary N) is 1. The average Bonchev–Trinajstić information content (AvgIpc) is 2.92. The van der Waals surface area contributed by atoms with Gasteiger partial charge in [0, 0.05) is 18.7 Å². The molecule has 1 aliphatic rings. The minimum Gasteiger partial charge on any atom is -0.384 e. The summed E-state index contributed by atoms with van der Waals surface area (Å²) in [6.45, 7) is -0.286. The summed E-state index contributed by atoms with van der Waals surface area (Å²) in [4.78, 5) is 12.1. The molecule has 1 saturated carbocycles. The number of methoxy groups -OCH3 is 1. The number of benzene rings is 1. The molecule has 2 atom stereocenters. The molecule has 1 fully saturated rings. The predicted molar refractivity (Wildman–Crippen MR) is 76.3 cm³/mol. The quantitative estimate of drug-likeness (QED) is 0.829. The van der Waals surface area contributed by atoms with Crippen molar-refractivity contribution >= 4 is 5.91 Å². The van der Waals surface area contributed by atoms with Crippen LogP contribution in [0.3, 0.4) is 0 Å². The normalized spacial score (nSPS) is 20.7. The summed E-state index contributed by atoms with van der Waals surface area (Å²) in [5, 5.41) is 11.4. The number of rotatable bonds is 3. The highest BCUT2D eigenvalue weighted by atomic mass is 19.1. The Balaban J connectivity index is 2.02. The second-order valence-corrected chi connectivity index (χ2v) is 5.00. The zero-order valence-corrected chi connectivity index (χ0v) is 11.9. The van der Waals surface area contributed by atoms with Gasteiger partial charge in [-0.05, 0) is 37.5 Å². The first kappa shape index (κ1) is 15.5. The van der Waals surface area contributed by atoms with E-state index < -0.39 is 11.7 Å². The first-order valence-corrected chi connectivity index (χ1v) is 6.87. The molecule has 2 N–H and O–H groups in total. The van der Waals surface area contributed by atoms with Gasteiger partial charge in [-0.2, -0.15) is 0 Å². The Labute approximate surface area is 123 Å². The van der Waals surface area contributed by atoms with E-state index in [9.17, 15) is 9.18 Å². The maximum Gasteiger partial charge on any atom is 0.254 e. The van der Waals surface area contributed by atoms with Crippen LogP contribution in [0.2, 0.25) is 0 Å². The summed E-state index contributed by atoms with van der Waals surface area (Å²) in [6, 6.07) is 4.20. The summed E-state index contributed by atoms with van der Waals surface area (Å²) in [7, 11) is 1.65. The van der Waals surface area contributed by atoms with Gasteiger partial charge in [0.25, 0.3) is 5.91 Å². The van der Waals surface area contributed by atoms with Crippen LogP contribution < -0.4 is 5.32 Å². The molecule has 1 aromatic carbocycles. The Morgan fingerprint density at radius 3 is 2.95 bits per heavy atom. The number of carbonyl (C=O) groups excluding carboxylic acids is 1. The molecule has 0 saturated heterocycles. The van der Waals surface area contributed by atoms with Crippen LogP contribution in [0.15, 0.2) is 18.2 Å². The van der Waals surface area contributed by atoms with Crippen molar-refractivity contribution in [1.82, 2.24) is 5.32 Å². The minimum atomic E-state index is -0.612. The van der Waals surface area contributed by atoms with E-state index in [1.165, 1.54) is 12.1 Å². The number of ether oxygens (including phenoxy) is 1. The largest absolute Gasteiger partial charge is 0.384 e. The SMILES string of the molecule is COC1CCC(NC(=O)c2ccc(C#CCO)cc2F)C1. The predicted octanol–water partition coefficient (Wildman–Crippen LogP) is 1.47. The zero-order chi connectivity index (χ0) is 15.2. The van der Waals surface area contributed by atoms with Crippen LogP contribution in [0.4, 0.5) is 4.39 Å². The highest BCUT2D eigenvalue weighted by Crippen LogP contribution is 2.22. The van der Waals surface area contributed by atoms with E-state index in [1.807, 2.05) is 0 Å². The van der Waals surface area contributed by atoms with E-state index in [0.29, 0.717) is 5.56 Å². The molecule has 112 valence electrons. The summed E-state index contributed by atoms with van der Waals surface area (Å²) in [6.07, 6.45) is 2.66. The van der Waals surface area contributed by atoms with Gasteiger partial charge < -0.3 is 15.2 Å². The van der Waals surface area contributed by atoms with Gasteiger partial charge in [-0.15, -0.1) is 0 Å². The van der Waals surface area contributed by atoms with Crippen molar-refractivity contribution in [3.63, 3.8) is 0 Å². The van der Waals surface area contributed by atoms with Crippen LogP contribution >= 0.6 is 0 Å². The van der Waals surface area contributed by atoms with Crippen molar-refractivity contribution in [2.45, 2.75) is 31.4 Å². The summed E-state index contributed by atoms with van der Waals surface area (Å²) in [5.74, 6) is 4.00. The molecule has 1 aromatic rings. The van der Waals surface area contributed by atoms with Crippen LogP contribution in [-0.2, 0) is 4.74 Å². The second-order valence-electron chi connectivity index (χ2n) is 5.00. The molecule has 0 radical (unpaired) electrons. The van der Waals surface area contributed by atoms with Crippen LogP contribution in [0.5, 0.6) is 0 Å². The molecule has 0 aliphatic heterocycles. The number of aliphatic hydroxyl groups excluding tert-OH is 1. The number of hydrogen-bond donors (Lipinski definition) is 2. The minimum absolute atomic E-state index is 0.00501. The van der Waals surface area contributed by atoms with Crippen LogP contribution in [-0.4, -0.2) is 36.9 Å². The monoisotopic (exact) mass is 291 g/mol. The van der Waals surface area contributed by atoms with Crippen LogP contribution in [0, 0.1) is 17.7 Å². The molecule has 2 unspecified atom stereocenters. The first-order valence-electron chi connectivity index (χ1n) is 6.87. The molecule has 0 spiro atoms. The molecule has 4 nitrogen and oxygen atoms in total. The molecular weight excluding hydrogens is 273 g/mol. The third kappa shape index (κ3) is 4.03. The molecule has 5 heteroatoms.